The molecule has 2 rings (SSSR count). The summed E-state index contributed by atoms with van der Waals surface area (Å²) < 4.78 is 14.1. The molecule has 4 nitrogen and oxygen atoms in total. The summed E-state index contributed by atoms with van der Waals surface area (Å²) in [5.41, 5.74) is -0.117. The smallest absolute Gasteiger partial charge is 0.326 e. The predicted octanol–water partition coefficient (Wildman–Crippen LogP) is 2.92. The number of hydrogen-bond acceptors (Lipinski definition) is 3. The average Bonchev–Trinajstić information content (AvgIpc) is 2.50. The van der Waals surface area contributed by atoms with Crippen LogP contribution in [0.25, 0.3) is 10.8 Å². The maximum atomic E-state index is 14.1. The Bertz CT molecular complexity index is 705. The molecule has 0 saturated carbocycles. The lowest BCUT2D eigenvalue weighted by Gasteiger charge is -2.15. The lowest BCUT2D eigenvalue weighted by atomic mass is 10.0. The minimum atomic E-state index is -1.12. The van der Waals surface area contributed by atoms with Gasteiger partial charge in [0.15, 0.2) is 0 Å². The summed E-state index contributed by atoms with van der Waals surface area (Å²) in [5.74, 6) is -1.90. The predicted molar refractivity (Wildman–Crippen MR) is 85.8 cm³/mol. The first-order valence-corrected chi connectivity index (χ1v) is 8.14. The Balaban J connectivity index is 2.32. The van der Waals surface area contributed by atoms with Crippen LogP contribution in [0.15, 0.2) is 36.4 Å². The van der Waals surface area contributed by atoms with Gasteiger partial charge in [-0.1, -0.05) is 30.3 Å². The zero-order valence-corrected chi connectivity index (χ0v) is 12.8. The number of carboxylic acids is 1. The number of halogens is 1. The second kappa shape index (κ2) is 7.26. The number of hydrogen-bond donors (Lipinski definition) is 2. The molecule has 0 aliphatic rings. The molecule has 2 aromatic carbocycles. The Morgan fingerprint density at radius 3 is 2.68 bits per heavy atom. The van der Waals surface area contributed by atoms with E-state index in [1.807, 2.05) is 6.26 Å². The second-order valence-corrected chi connectivity index (χ2v) is 5.77. The fourth-order valence-electron chi connectivity index (χ4n) is 2.20. The van der Waals surface area contributed by atoms with Gasteiger partial charge in [0.05, 0.1) is 5.56 Å². The van der Waals surface area contributed by atoms with E-state index in [0.717, 1.165) is 5.39 Å². The normalized spacial score (nSPS) is 12.1. The molecule has 1 amide bonds. The van der Waals surface area contributed by atoms with Crippen LogP contribution in [-0.2, 0) is 4.79 Å². The first-order valence-electron chi connectivity index (χ1n) is 6.74. The molecule has 116 valence electrons. The molecular formula is C16H16FNO3S. The van der Waals surface area contributed by atoms with E-state index >= 15 is 0 Å². The maximum Gasteiger partial charge on any atom is 0.326 e. The van der Waals surface area contributed by atoms with Crippen molar-refractivity contribution in [3.63, 3.8) is 0 Å². The molecule has 0 saturated heterocycles. The quantitative estimate of drug-likeness (QED) is 0.858. The third-order valence-electron chi connectivity index (χ3n) is 3.32. The van der Waals surface area contributed by atoms with Crippen LogP contribution in [0.3, 0.4) is 0 Å². The van der Waals surface area contributed by atoms with Crippen molar-refractivity contribution in [1.82, 2.24) is 5.32 Å². The number of rotatable bonds is 6. The molecule has 0 heterocycles. The molecule has 6 heteroatoms. The lowest BCUT2D eigenvalue weighted by Crippen LogP contribution is -2.41. The van der Waals surface area contributed by atoms with Crippen LogP contribution >= 0.6 is 11.8 Å². The zero-order chi connectivity index (χ0) is 16.1. The number of nitrogens with one attached hydrogen (secondary N) is 1. The van der Waals surface area contributed by atoms with Crippen LogP contribution in [0, 0.1) is 5.82 Å². The molecule has 2 aromatic rings. The molecule has 2 N–H and O–H groups in total. The van der Waals surface area contributed by atoms with Crippen molar-refractivity contribution in [3.05, 3.63) is 47.8 Å². The van der Waals surface area contributed by atoms with Crippen molar-refractivity contribution >= 4 is 34.4 Å². The Morgan fingerprint density at radius 1 is 1.27 bits per heavy atom. The standard InChI is InChI=1S/C16H16FNO3S/c1-22-9-8-13(16(20)21)18-15(19)14-11-5-3-2-4-10(11)6-7-12(14)17/h2-7,13H,8-9H2,1H3,(H,18,19)(H,20,21)/t13-/m0/s1. The minimum absolute atomic E-state index is 0.117. The van der Waals surface area contributed by atoms with Crippen LogP contribution in [0.2, 0.25) is 0 Å². The molecule has 0 aromatic heterocycles. The summed E-state index contributed by atoms with van der Waals surface area (Å²) in [6.07, 6.45) is 2.14. The van der Waals surface area contributed by atoms with E-state index in [9.17, 15) is 14.0 Å². The van der Waals surface area contributed by atoms with Crippen LogP contribution in [0.1, 0.15) is 16.8 Å². The Kier molecular flexibility index (Phi) is 5.38. The second-order valence-electron chi connectivity index (χ2n) is 4.79. The van der Waals surface area contributed by atoms with Crippen LogP contribution in [-0.4, -0.2) is 35.0 Å². The molecule has 0 spiro atoms. The fraction of sp³-hybridized carbons (Fsp3) is 0.250. The molecule has 1 atom stereocenters. The number of thioether (sulfide) groups is 1. The van der Waals surface area contributed by atoms with Gasteiger partial charge in [-0.25, -0.2) is 9.18 Å². The number of benzene rings is 2. The van der Waals surface area contributed by atoms with Gasteiger partial charge in [0, 0.05) is 0 Å². The highest BCUT2D eigenvalue weighted by atomic mass is 32.2. The summed E-state index contributed by atoms with van der Waals surface area (Å²) in [5, 5.41) is 12.8. The number of fused-ring (bicyclic) bond motifs is 1. The van der Waals surface area contributed by atoms with Crippen molar-refractivity contribution in [3.8, 4) is 0 Å². The topological polar surface area (TPSA) is 66.4 Å². The molecule has 0 unspecified atom stereocenters. The molecule has 0 radical (unpaired) electrons. The Hall–Kier alpha value is -2.08. The van der Waals surface area contributed by atoms with E-state index in [1.54, 1.807) is 30.3 Å². The zero-order valence-electron chi connectivity index (χ0n) is 12.0. The van der Waals surface area contributed by atoms with Crippen LogP contribution in [0.5, 0.6) is 0 Å². The van der Waals surface area contributed by atoms with Crippen molar-refractivity contribution in [1.29, 1.82) is 0 Å². The highest BCUT2D eigenvalue weighted by Gasteiger charge is 2.23. The highest BCUT2D eigenvalue weighted by molar-refractivity contribution is 7.98. The first kappa shape index (κ1) is 16.3. The third kappa shape index (κ3) is 3.57. The van der Waals surface area contributed by atoms with Gasteiger partial charge in [0.1, 0.15) is 11.9 Å². The first-order chi connectivity index (χ1) is 10.5. The molecular weight excluding hydrogens is 305 g/mol. The molecule has 0 aliphatic carbocycles. The lowest BCUT2D eigenvalue weighted by molar-refractivity contribution is -0.139. The van der Waals surface area contributed by atoms with Gasteiger partial charge in [-0.05, 0) is 35.3 Å². The number of carboxylic acid groups (broad SMARTS) is 1. The van der Waals surface area contributed by atoms with Gasteiger partial charge < -0.3 is 10.4 Å². The van der Waals surface area contributed by atoms with Gasteiger partial charge in [-0.15, -0.1) is 0 Å². The van der Waals surface area contributed by atoms with Gasteiger partial charge in [-0.2, -0.15) is 11.8 Å². The highest BCUT2D eigenvalue weighted by Crippen LogP contribution is 2.21. The average molecular weight is 321 g/mol. The van der Waals surface area contributed by atoms with Crippen molar-refractivity contribution in [2.45, 2.75) is 12.5 Å². The molecule has 0 bridgehead atoms. The van der Waals surface area contributed by atoms with E-state index < -0.39 is 23.7 Å². The van der Waals surface area contributed by atoms with E-state index in [1.165, 1.54) is 17.8 Å². The molecule has 0 aliphatic heterocycles. The largest absolute Gasteiger partial charge is 0.480 e. The summed E-state index contributed by atoms with van der Waals surface area (Å²) >= 11 is 1.49. The molecule has 22 heavy (non-hydrogen) atoms. The maximum absolute atomic E-state index is 14.1. The van der Waals surface area contributed by atoms with E-state index in [-0.39, 0.29) is 12.0 Å². The minimum Gasteiger partial charge on any atom is -0.480 e. The summed E-state index contributed by atoms with van der Waals surface area (Å²) in [7, 11) is 0. The molecule has 0 fully saturated rings. The summed E-state index contributed by atoms with van der Waals surface area (Å²) in [4.78, 5) is 23.5. The summed E-state index contributed by atoms with van der Waals surface area (Å²) in [6, 6.07) is 8.69. The van der Waals surface area contributed by atoms with Crippen LogP contribution < -0.4 is 5.32 Å². The van der Waals surface area contributed by atoms with Crippen molar-refractivity contribution < 1.29 is 19.1 Å². The number of carbonyl (C=O) groups excluding carboxylic acids is 1. The third-order valence-corrected chi connectivity index (χ3v) is 3.96. The Labute approximate surface area is 131 Å². The van der Waals surface area contributed by atoms with Gasteiger partial charge in [0.25, 0.3) is 5.91 Å². The number of carbonyl (C=O) groups is 2. The van der Waals surface area contributed by atoms with E-state index in [0.29, 0.717) is 11.1 Å². The van der Waals surface area contributed by atoms with Crippen molar-refractivity contribution in [2.75, 3.05) is 12.0 Å². The number of amides is 1. The Morgan fingerprint density at radius 2 is 2.00 bits per heavy atom. The SMILES string of the molecule is CSCC[C@H](NC(=O)c1c(F)ccc2ccccc12)C(=O)O. The van der Waals surface area contributed by atoms with Crippen molar-refractivity contribution in [2.24, 2.45) is 0 Å². The van der Waals surface area contributed by atoms with Gasteiger partial charge in [0.2, 0.25) is 0 Å². The number of aliphatic carboxylic acids is 1. The van der Waals surface area contributed by atoms with E-state index in [4.69, 9.17) is 5.11 Å². The monoisotopic (exact) mass is 321 g/mol. The fourth-order valence-corrected chi connectivity index (χ4v) is 2.67. The van der Waals surface area contributed by atoms with Gasteiger partial charge >= 0.3 is 5.97 Å². The van der Waals surface area contributed by atoms with Crippen LogP contribution in [0.4, 0.5) is 4.39 Å². The summed E-state index contributed by atoms with van der Waals surface area (Å²) in [6.45, 7) is 0. The van der Waals surface area contributed by atoms with Gasteiger partial charge in [-0.3, -0.25) is 4.79 Å². The van der Waals surface area contributed by atoms with E-state index in [2.05, 4.69) is 5.32 Å².